The van der Waals surface area contributed by atoms with Crippen LogP contribution >= 0.6 is 34.8 Å². The van der Waals surface area contributed by atoms with Crippen molar-refractivity contribution in [1.29, 1.82) is 0 Å². The number of carbonyl (C=O) groups excluding carboxylic acids is 1. The largest absolute Gasteiger partial charge is 0.573 e. The molecule has 0 radical (unpaired) electrons. The molecular formula is C16H12Cl3F3N2O4S. The molecule has 0 aliphatic carbocycles. The van der Waals surface area contributed by atoms with Gasteiger partial charge in [0.25, 0.3) is 0 Å². The van der Waals surface area contributed by atoms with Gasteiger partial charge in [-0.3, -0.25) is 9.10 Å². The van der Waals surface area contributed by atoms with E-state index in [9.17, 15) is 26.4 Å². The normalized spacial score (nSPS) is 11.8. The van der Waals surface area contributed by atoms with Crippen LogP contribution in [0.3, 0.4) is 0 Å². The molecular weight excluding hydrogens is 480 g/mol. The van der Waals surface area contributed by atoms with Crippen molar-refractivity contribution in [3.8, 4) is 5.75 Å². The molecule has 0 aliphatic rings. The van der Waals surface area contributed by atoms with Crippen LogP contribution in [0.5, 0.6) is 5.75 Å². The fourth-order valence-electron chi connectivity index (χ4n) is 2.16. The highest BCUT2D eigenvalue weighted by Crippen LogP contribution is 2.35. The van der Waals surface area contributed by atoms with Crippen LogP contribution in [0.15, 0.2) is 36.4 Å². The zero-order valence-electron chi connectivity index (χ0n) is 14.4. The monoisotopic (exact) mass is 490 g/mol. The molecule has 0 fully saturated rings. The summed E-state index contributed by atoms with van der Waals surface area (Å²) in [5.41, 5.74) is 0.0610. The number of amides is 1. The lowest BCUT2D eigenvalue weighted by molar-refractivity contribution is -0.274. The van der Waals surface area contributed by atoms with Gasteiger partial charge in [0, 0.05) is 5.69 Å². The van der Waals surface area contributed by atoms with E-state index in [0.29, 0.717) is 4.31 Å². The predicted octanol–water partition coefficient (Wildman–Crippen LogP) is 4.95. The molecule has 13 heteroatoms. The highest BCUT2D eigenvalue weighted by Gasteiger charge is 2.31. The van der Waals surface area contributed by atoms with Crippen molar-refractivity contribution in [1.82, 2.24) is 0 Å². The molecule has 0 aromatic heterocycles. The summed E-state index contributed by atoms with van der Waals surface area (Å²) in [7, 11) is -3.94. The molecule has 29 heavy (non-hydrogen) atoms. The smallest absolute Gasteiger partial charge is 0.406 e. The van der Waals surface area contributed by atoms with Crippen LogP contribution in [0.4, 0.5) is 24.5 Å². The summed E-state index contributed by atoms with van der Waals surface area (Å²) in [4.78, 5) is 12.3. The van der Waals surface area contributed by atoms with E-state index in [4.69, 9.17) is 34.8 Å². The maximum absolute atomic E-state index is 12.3. The fourth-order valence-corrected chi connectivity index (χ4v) is 3.71. The summed E-state index contributed by atoms with van der Waals surface area (Å²) in [6, 6.07) is 6.74. The minimum absolute atomic E-state index is 0.0281. The molecule has 0 heterocycles. The van der Waals surface area contributed by atoms with Crippen LogP contribution in [0.2, 0.25) is 15.1 Å². The summed E-state index contributed by atoms with van der Waals surface area (Å²) in [5, 5.41) is 2.44. The number of nitrogens with one attached hydrogen (secondary N) is 1. The predicted molar refractivity (Wildman–Crippen MR) is 105 cm³/mol. The first-order chi connectivity index (χ1) is 13.3. The van der Waals surface area contributed by atoms with Crippen LogP contribution < -0.4 is 14.4 Å². The van der Waals surface area contributed by atoms with Crippen molar-refractivity contribution in [3.63, 3.8) is 0 Å². The quantitative estimate of drug-likeness (QED) is 0.580. The number of alkyl halides is 3. The van der Waals surface area contributed by atoms with Gasteiger partial charge in [-0.1, -0.05) is 34.8 Å². The molecule has 0 bridgehead atoms. The van der Waals surface area contributed by atoms with Gasteiger partial charge in [-0.15, -0.1) is 13.2 Å². The maximum atomic E-state index is 12.3. The summed E-state index contributed by atoms with van der Waals surface area (Å²) in [6.07, 6.45) is -3.98. The molecule has 0 atom stereocenters. The van der Waals surface area contributed by atoms with Crippen molar-refractivity contribution < 1.29 is 31.1 Å². The molecule has 2 aromatic rings. The van der Waals surface area contributed by atoms with Crippen molar-refractivity contribution in [2.75, 3.05) is 22.4 Å². The number of ether oxygens (including phenoxy) is 1. The van der Waals surface area contributed by atoms with Crippen molar-refractivity contribution in [2.24, 2.45) is 0 Å². The van der Waals surface area contributed by atoms with Gasteiger partial charge in [0.05, 0.1) is 27.0 Å². The lowest BCUT2D eigenvalue weighted by atomic mass is 10.3. The van der Waals surface area contributed by atoms with Gasteiger partial charge in [-0.05, 0) is 36.4 Å². The van der Waals surface area contributed by atoms with Crippen LogP contribution in [0.25, 0.3) is 0 Å². The number of halogens is 6. The average Bonchev–Trinajstić information content (AvgIpc) is 2.56. The van der Waals surface area contributed by atoms with E-state index in [1.807, 2.05) is 0 Å². The number of hydrogen-bond acceptors (Lipinski definition) is 4. The minimum Gasteiger partial charge on any atom is -0.406 e. The Morgan fingerprint density at radius 1 is 1.07 bits per heavy atom. The van der Waals surface area contributed by atoms with E-state index in [1.165, 1.54) is 12.1 Å². The van der Waals surface area contributed by atoms with Gasteiger partial charge in [0.1, 0.15) is 12.3 Å². The highest BCUT2D eigenvalue weighted by atomic mass is 35.5. The first-order valence-electron chi connectivity index (χ1n) is 7.54. The molecule has 2 rings (SSSR count). The Morgan fingerprint density at radius 3 is 2.14 bits per heavy atom. The number of anilines is 2. The Labute approximate surface area is 179 Å². The Bertz CT molecular complexity index is 1020. The molecule has 0 saturated heterocycles. The molecule has 0 spiro atoms. The Balaban J connectivity index is 2.19. The number of nitrogens with zero attached hydrogens (tertiary/aromatic N) is 1. The topological polar surface area (TPSA) is 75.7 Å². The Kier molecular flexibility index (Phi) is 7.15. The zero-order valence-corrected chi connectivity index (χ0v) is 17.5. The third kappa shape index (κ3) is 6.84. The van der Waals surface area contributed by atoms with Crippen LogP contribution in [-0.4, -0.2) is 33.5 Å². The fraction of sp³-hybridized carbons (Fsp3) is 0.188. The second-order valence-electron chi connectivity index (χ2n) is 5.61. The number of carbonyl (C=O) groups is 1. The number of benzene rings is 2. The summed E-state index contributed by atoms with van der Waals surface area (Å²) in [6.45, 7) is -0.669. The first-order valence-corrected chi connectivity index (χ1v) is 10.5. The first kappa shape index (κ1) is 23.4. The molecule has 0 saturated carbocycles. The second kappa shape index (κ2) is 8.86. The second-order valence-corrected chi connectivity index (χ2v) is 8.74. The van der Waals surface area contributed by atoms with E-state index in [2.05, 4.69) is 10.1 Å². The number of rotatable bonds is 6. The summed E-state index contributed by atoms with van der Waals surface area (Å²) >= 11 is 17.8. The highest BCUT2D eigenvalue weighted by molar-refractivity contribution is 7.92. The molecule has 0 aliphatic heterocycles. The van der Waals surface area contributed by atoms with E-state index in [1.54, 1.807) is 0 Å². The van der Waals surface area contributed by atoms with E-state index in [-0.39, 0.29) is 26.4 Å². The summed E-state index contributed by atoms with van der Waals surface area (Å²) in [5.74, 6) is -1.25. The van der Waals surface area contributed by atoms with E-state index >= 15 is 0 Å². The molecule has 0 unspecified atom stereocenters. The Hall–Kier alpha value is -1.88. The maximum Gasteiger partial charge on any atom is 0.573 e. The van der Waals surface area contributed by atoms with Gasteiger partial charge in [0.2, 0.25) is 15.9 Å². The molecule has 2 aromatic carbocycles. The average molecular weight is 492 g/mol. The van der Waals surface area contributed by atoms with Crippen molar-refractivity contribution in [2.45, 2.75) is 6.36 Å². The minimum atomic E-state index is -4.85. The molecule has 6 nitrogen and oxygen atoms in total. The Morgan fingerprint density at radius 2 is 1.62 bits per heavy atom. The molecule has 158 valence electrons. The van der Waals surface area contributed by atoms with Gasteiger partial charge < -0.3 is 10.1 Å². The lowest BCUT2D eigenvalue weighted by Gasteiger charge is -2.23. The zero-order chi connectivity index (χ0) is 22.0. The van der Waals surface area contributed by atoms with Crippen molar-refractivity contribution >= 4 is 62.1 Å². The van der Waals surface area contributed by atoms with E-state index < -0.39 is 34.6 Å². The van der Waals surface area contributed by atoms with Gasteiger partial charge in [-0.2, -0.15) is 0 Å². The van der Waals surface area contributed by atoms with E-state index in [0.717, 1.165) is 30.5 Å². The lowest BCUT2D eigenvalue weighted by Crippen LogP contribution is -2.37. The number of sulfonamides is 1. The van der Waals surface area contributed by atoms with Crippen LogP contribution in [-0.2, 0) is 14.8 Å². The van der Waals surface area contributed by atoms with Crippen LogP contribution in [0, 0.1) is 0 Å². The molecule has 1 amide bonds. The van der Waals surface area contributed by atoms with Crippen LogP contribution in [0.1, 0.15) is 0 Å². The number of hydrogen-bond donors (Lipinski definition) is 1. The standard InChI is InChI=1S/C16H12Cl3F3N2O4S/c1-29(26,27)24(14-7-12(18)11(17)6-13(14)19)8-15(25)23-9-2-4-10(5-3-9)28-16(20,21)22/h2-7H,8H2,1H3,(H,23,25). The SMILES string of the molecule is CS(=O)(=O)N(CC(=O)Nc1ccc(OC(F)(F)F)cc1)c1cc(Cl)c(Cl)cc1Cl. The van der Waals surface area contributed by atoms with Gasteiger partial charge in [0.15, 0.2) is 0 Å². The third-order valence-corrected chi connectivity index (χ3v) is 5.47. The van der Waals surface area contributed by atoms with Gasteiger partial charge in [-0.25, -0.2) is 8.42 Å². The summed E-state index contributed by atoms with van der Waals surface area (Å²) < 4.78 is 65.2. The third-order valence-electron chi connectivity index (χ3n) is 3.32. The molecule has 1 N–H and O–H groups in total. The van der Waals surface area contributed by atoms with Crippen molar-refractivity contribution in [3.05, 3.63) is 51.5 Å². The van der Waals surface area contributed by atoms with Gasteiger partial charge >= 0.3 is 6.36 Å².